The highest BCUT2D eigenvalue weighted by Gasteiger charge is 2.27. The summed E-state index contributed by atoms with van der Waals surface area (Å²) in [5.41, 5.74) is 7.03. The van der Waals surface area contributed by atoms with Crippen LogP contribution in [-0.2, 0) is 19.6 Å². The molecule has 0 radical (unpaired) electrons. The Labute approximate surface area is 233 Å². The van der Waals surface area contributed by atoms with Crippen LogP contribution in [0.1, 0.15) is 47.3 Å². The Bertz CT molecular complexity index is 1490. The zero-order valence-corrected chi connectivity index (χ0v) is 22.5. The lowest BCUT2D eigenvalue weighted by Gasteiger charge is -2.20. The Hall–Kier alpha value is -3.89. The average Bonchev–Trinajstić information content (AvgIpc) is 3.39. The van der Waals surface area contributed by atoms with Crippen molar-refractivity contribution in [2.75, 3.05) is 6.61 Å². The van der Waals surface area contributed by atoms with Gasteiger partial charge in [0.25, 0.3) is 0 Å². The van der Waals surface area contributed by atoms with Crippen molar-refractivity contribution in [3.8, 4) is 28.7 Å². The number of aromatic nitrogens is 1. The Morgan fingerprint density at radius 2 is 1.95 bits per heavy atom. The molecule has 0 saturated carbocycles. The van der Waals surface area contributed by atoms with Crippen molar-refractivity contribution < 1.29 is 14.6 Å². The van der Waals surface area contributed by atoms with Crippen LogP contribution in [0.5, 0.6) is 11.5 Å². The molecule has 0 aliphatic heterocycles. The molecule has 1 aliphatic carbocycles. The van der Waals surface area contributed by atoms with Crippen LogP contribution < -0.4 is 14.8 Å². The molecular weight excluding hydrogens is 510 g/mol. The van der Waals surface area contributed by atoms with Gasteiger partial charge in [-0.15, -0.1) is 0 Å². The minimum atomic E-state index is -0.121. The van der Waals surface area contributed by atoms with Crippen molar-refractivity contribution in [3.05, 3.63) is 112 Å². The number of aliphatic hydroxyl groups is 1. The molecule has 3 aromatic carbocycles. The van der Waals surface area contributed by atoms with Gasteiger partial charge in [-0.2, -0.15) is 5.26 Å². The normalized spacial score (nSPS) is 14.9. The summed E-state index contributed by atoms with van der Waals surface area (Å²) in [4.78, 5) is 4.12. The number of aliphatic hydroxyl groups excluding tert-OH is 1. The first-order valence-electron chi connectivity index (χ1n) is 13.0. The van der Waals surface area contributed by atoms with Crippen molar-refractivity contribution >= 4 is 11.6 Å². The first-order valence-corrected chi connectivity index (χ1v) is 13.4. The van der Waals surface area contributed by atoms with E-state index in [2.05, 4.69) is 58.8 Å². The Morgan fingerprint density at radius 3 is 2.74 bits per heavy atom. The standard InChI is InChI=1S/C32H30ClN3O3/c1-21(19-37)36-18-25-13-29(33)32(14-31(25)38-20-23-12-22(15-34)16-35-17-23)39-30-11-10-27-26(8-5-9-28(27)30)24-6-3-2-4-7-24/h2-9,12-14,16-17,21,30,36-37H,10-11,18-20H2,1H3/t21-,30+/m1/s1. The molecule has 0 amide bonds. The van der Waals surface area contributed by atoms with Crippen molar-refractivity contribution in [1.82, 2.24) is 10.3 Å². The van der Waals surface area contributed by atoms with Crippen LogP contribution >= 0.6 is 11.6 Å². The van der Waals surface area contributed by atoms with E-state index in [-0.39, 0.29) is 25.4 Å². The number of rotatable bonds is 10. The predicted molar refractivity (Wildman–Crippen MR) is 152 cm³/mol. The fraction of sp³-hybridized carbons (Fsp3) is 0.250. The SMILES string of the molecule is C[C@H](CO)NCc1cc(Cl)c(O[C@H]2CCc3c(-c4ccccc4)cccc32)cc1OCc1cncc(C#N)c1. The molecular formula is C32H30ClN3O3. The molecule has 0 spiro atoms. The van der Waals surface area contributed by atoms with Gasteiger partial charge < -0.3 is 19.9 Å². The van der Waals surface area contributed by atoms with Crippen LogP contribution in [0.2, 0.25) is 5.02 Å². The fourth-order valence-corrected chi connectivity index (χ4v) is 5.09. The number of hydrogen-bond acceptors (Lipinski definition) is 6. The molecule has 4 aromatic rings. The van der Waals surface area contributed by atoms with E-state index >= 15 is 0 Å². The molecule has 1 aromatic heterocycles. The van der Waals surface area contributed by atoms with Crippen LogP contribution in [0.3, 0.4) is 0 Å². The zero-order chi connectivity index (χ0) is 27.2. The lowest BCUT2D eigenvalue weighted by Crippen LogP contribution is -2.28. The van der Waals surface area contributed by atoms with E-state index in [1.165, 1.54) is 28.5 Å². The minimum absolute atomic E-state index is 0.0177. The van der Waals surface area contributed by atoms with Gasteiger partial charge in [-0.25, -0.2) is 0 Å². The van der Waals surface area contributed by atoms with Gasteiger partial charge in [-0.3, -0.25) is 4.98 Å². The molecule has 1 heterocycles. The van der Waals surface area contributed by atoms with E-state index in [4.69, 9.17) is 21.1 Å². The lowest BCUT2D eigenvalue weighted by molar-refractivity contribution is 0.205. The first kappa shape index (κ1) is 26.7. The molecule has 0 fully saturated rings. The largest absolute Gasteiger partial charge is 0.488 e. The molecule has 0 bridgehead atoms. The summed E-state index contributed by atoms with van der Waals surface area (Å²) in [6.45, 7) is 2.61. The van der Waals surface area contributed by atoms with Gasteiger partial charge in [0.2, 0.25) is 0 Å². The molecule has 7 heteroatoms. The number of fused-ring (bicyclic) bond motifs is 1. The Morgan fingerprint density at radius 1 is 1.10 bits per heavy atom. The van der Waals surface area contributed by atoms with E-state index < -0.39 is 0 Å². The van der Waals surface area contributed by atoms with Crippen LogP contribution in [0.15, 0.2) is 79.1 Å². The third kappa shape index (κ3) is 6.23. The van der Waals surface area contributed by atoms with Crippen LogP contribution in [0.25, 0.3) is 11.1 Å². The second-order valence-electron chi connectivity index (χ2n) is 9.72. The quantitative estimate of drug-likeness (QED) is 0.243. The van der Waals surface area contributed by atoms with Gasteiger partial charge in [0.15, 0.2) is 0 Å². The van der Waals surface area contributed by atoms with Gasteiger partial charge in [-0.05, 0) is 54.2 Å². The number of benzene rings is 3. The maximum absolute atomic E-state index is 9.44. The molecule has 2 atom stereocenters. The summed E-state index contributed by atoms with van der Waals surface area (Å²) in [6.07, 6.45) is 4.86. The van der Waals surface area contributed by atoms with Crippen molar-refractivity contribution in [2.45, 2.75) is 45.1 Å². The number of hydrogen-bond donors (Lipinski definition) is 2. The number of nitrogens with zero attached hydrogens (tertiary/aromatic N) is 2. The maximum Gasteiger partial charge on any atom is 0.142 e. The molecule has 39 heavy (non-hydrogen) atoms. The van der Waals surface area contributed by atoms with Crippen LogP contribution in [0.4, 0.5) is 0 Å². The number of ether oxygens (including phenoxy) is 2. The van der Waals surface area contributed by atoms with E-state index in [9.17, 15) is 10.4 Å². The average molecular weight is 540 g/mol. The molecule has 1 aliphatic rings. The Balaban J connectivity index is 1.41. The summed E-state index contributed by atoms with van der Waals surface area (Å²) in [7, 11) is 0. The summed E-state index contributed by atoms with van der Waals surface area (Å²) in [6, 6.07) is 24.3. The zero-order valence-electron chi connectivity index (χ0n) is 21.7. The highest BCUT2D eigenvalue weighted by Crippen LogP contribution is 2.42. The van der Waals surface area contributed by atoms with E-state index in [1.807, 2.05) is 25.1 Å². The highest BCUT2D eigenvalue weighted by molar-refractivity contribution is 6.32. The lowest BCUT2D eigenvalue weighted by atomic mass is 9.97. The topological polar surface area (TPSA) is 87.4 Å². The molecule has 0 unspecified atom stereocenters. The summed E-state index contributed by atoms with van der Waals surface area (Å²) >= 11 is 6.74. The van der Waals surface area contributed by atoms with Gasteiger partial charge in [0.05, 0.1) is 17.2 Å². The molecule has 198 valence electrons. The van der Waals surface area contributed by atoms with Crippen LogP contribution in [0, 0.1) is 11.3 Å². The molecule has 0 saturated heterocycles. The van der Waals surface area contributed by atoms with E-state index in [0.29, 0.717) is 28.6 Å². The summed E-state index contributed by atoms with van der Waals surface area (Å²) in [5, 5.41) is 22.4. The van der Waals surface area contributed by atoms with Crippen molar-refractivity contribution in [3.63, 3.8) is 0 Å². The number of nitrogens with one attached hydrogen (secondary N) is 1. The smallest absolute Gasteiger partial charge is 0.142 e. The summed E-state index contributed by atoms with van der Waals surface area (Å²) in [5.74, 6) is 1.17. The van der Waals surface area contributed by atoms with Gasteiger partial charge >= 0.3 is 0 Å². The summed E-state index contributed by atoms with van der Waals surface area (Å²) < 4.78 is 12.7. The maximum atomic E-state index is 9.44. The first-order chi connectivity index (χ1) is 19.1. The molecule has 6 nitrogen and oxygen atoms in total. The van der Waals surface area contributed by atoms with Gasteiger partial charge in [-0.1, -0.05) is 60.1 Å². The molecule has 5 rings (SSSR count). The minimum Gasteiger partial charge on any atom is -0.488 e. The second kappa shape index (κ2) is 12.3. The van der Waals surface area contributed by atoms with Crippen molar-refractivity contribution in [2.24, 2.45) is 0 Å². The number of pyridine rings is 1. The van der Waals surface area contributed by atoms with E-state index in [0.717, 1.165) is 24.0 Å². The van der Waals surface area contributed by atoms with Gasteiger partial charge in [0, 0.05) is 42.2 Å². The van der Waals surface area contributed by atoms with Gasteiger partial charge in [0.1, 0.15) is 30.3 Å². The number of nitriles is 1. The van der Waals surface area contributed by atoms with Crippen LogP contribution in [-0.4, -0.2) is 22.7 Å². The monoisotopic (exact) mass is 539 g/mol. The second-order valence-corrected chi connectivity index (χ2v) is 10.1. The Kier molecular flexibility index (Phi) is 8.43. The predicted octanol–water partition coefficient (Wildman–Crippen LogP) is 6.39. The number of halogens is 1. The van der Waals surface area contributed by atoms with E-state index in [1.54, 1.807) is 12.3 Å². The third-order valence-electron chi connectivity index (χ3n) is 6.92. The third-order valence-corrected chi connectivity index (χ3v) is 7.21. The fourth-order valence-electron chi connectivity index (χ4n) is 4.86. The molecule has 2 N–H and O–H groups in total. The van der Waals surface area contributed by atoms with Crippen molar-refractivity contribution in [1.29, 1.82) is 5.26 Å². The highest BCUT2D eigenvalue weighted by atomic mass is 35.5.